The van der Waals surface area contributed by atoms with Crippen molar-refractivity contribution in [3.05, 3.63) is 41.1 Å². The maximum Gasteiger partial charge on any atom is 0.248 e. The number of aryl methyl sites for hydroxylation is 1. The highest BCUT2D eigenvalue weighted by molar-refractivity contribution is 5.93. The quantitative estimate of drug-likeness (QED) is 0.878. The lowest BCUT2D eigenvalue weighted by molar-refractivity contribution is 0.100. The van der Waals surface area contributed by atoms with E-state index in [9.17, 15) is 4.79 Å². The third-order valence-corrected chi connectivity index (χ3v) is 4.83. The van der Waals surface area contributed by atoms with E-state index >= 15 is 0 Å². The lowest BCUT2D eigenvalue weighted by atomic mass is 10.0. The van der Waals surface area contributed by atoms with Gasteiger partial charge in [-0.2, -0.15) is 0 Å². The van der Waals surface area contributed by atoms with Crippen molar-refractivity contribution in [1.29, 1.82) is 0 Å². The van der Waals surface area contributed by atoms with E-state index in [4.69, 9.17) is 22.1 Å². The molecular weight excluding hydrogens is 300 g/mol. The van der Waals surface area contributed by atoms with Crippen molar-refractivity contribution in [3.8, 4) is 23.6 Å². The third-order valence-electron chi connectivity index (χ3n) is 4.83. The fourth-order valence-electron chi connectivity index (χ4n) is 3.38. The molecule has 1 aromatic heterocycles. The van der Waals surface area contributed by atoms with Crippen molar-refractivity contribution in [2.75, 3.05) is 11.4 Å². The molecule has 1 saturated heterocycles. The van der Waals surface area contributed by atoms with Crippen LogP contribution in [0.1, 0.15) is 34.5 Å². The van der Waals surface area contributed by atoms with Crippen LogP contribution in [0, 0.1) is 12.3 Å². The molecule has 2 aliphatic rings. The van der Waals surface area contributed by atoms with E-state index in [0.717, 1.165) is 55.1 Å². The molecule has 0 radical (unpaired) electrons. The first-order valence-corrected chi connectivity index (χ1v) is 8.20. The number of fused-ring (bicyclic) bond motifs is 1. The monoisotopic (exact) mass is 318 g/mol. The molecule has 1 fully saturated rings. The van der Waals surface area contributed by atoms with Crippen molar-refractivity contribution < 1.29 is 4.79 Å². The first-order chi connectivity index (χ1) is 11.7. The minimum absolute atomic E-state index is 0.0922. The summed E-state index contributed by atoms with van der Waals surface area (Å²) in [6.45, 7) is 0.897. The normalized spacial score (nSPS) is 18.6. The van der Waals surface area contributed by atoms with Crippen LogP contribution < -0.4 is 10.6 Å². The van der Waals surface area contributed by atoms with Gasteiger partial charge in [0, 0.05) is 28.9 Å². The second kappa shape index (κ2) is 5.64. The Morgan fingerprint density at radius 2 is 2.04 bits per heavy atom. The smallest absolute Gasteiger partial charge is 0.248 e. The summed E-state index contributed by atoms with van der Waals surface area (Å²) in [6.07, 6.45) is 9.62. The van der Waals surface area contributed by atoms with Crippen LogP contribution in [0.15, 0.2) is 24.3 Å². The molecule has 2 N–H and O–H groups in total. The van der Waals surface area contributed by atoms with Crippen LogP contribution in [-0.4, -0.2) is 28.5 Å². The summed E-state index contributed by atoms with van der Waals surface area (Å²) < 4.78 is 0. The van der Waals surface area contributed by atoms with E-state index in [2.05, 4.69) is 10.8 Å². The molecular formula is C19H18N4O. The number of carbonyl (C=O) groups is 1. The maximum absolute atomic E-state index is 11.3. The van der Waals surface area contributed by atoms with Gasteiger partial charge in [-0.1, -0.05) is 18.1 Å². The second-order valence-electron chi connectivity index (χ2n) is 6.26. The average molecular weight is 318 g/mol. The summed E-state index contributed by atoms with van der Waals surface area (Å²) in [6, 6.07) is 7.39. The minimum Gasteiger partial charge on any atom is -0.366 e. The van der Waals surface area contributed by atoms with Crippen LogP contribution in [0.3, 0.4) is 0 Å². The summed E-state index contributed by atoms with van der Waals surface area (Å²) >= 11 is 0. The summed E-state index contributed by atoms with van der Waals surface area (Å²) in [4.78, 5) is 22.9. The number of hydrogen-bond donors (Lipinski definition) is 1. The first kappa shape index (κ1) is 14.7. The molecule has 1 unspecified atom stereocenters. The molecule has 5 heteroatoms. The fraction of sp³-hybridized carbons (Fsp3) is 0.316. The van der Waals surface area contributed by atoms with Crippen LogP contribution in [0.5, 0.6) is 0 Å². The zero-order chi connectivity index (χ0) is 16.7. The topological polar surface area (TPSA) is 72.1 Å². The number of carbonyl (C=O) groups excluding carboxylic acids is 1. The predicted octanol–water partition coefficient (Wildman–Crippen LogP) is 1.94. The van der Waals surface area contributed by atoms with Gasteiger partial charge in [-0.15, -0.1) is 6.42 Å². The van der Waals surface area contributed by atoms with E-state index < -0.39 is 5.91 Å². The van der Waals surface area contributed by atoms with Crippen molar-refractivity contribution in [2.45, 2.75) is 31.7 Å². The van der Waals surface area contributed by atoms with Gasteiger partial charge in [0.05, 0.1) is 11.7 Å². The lowest BCUT2D eigenvalue weighted by Gasteiger charge is -2.38. The molecule has 0 bridgehead atoms. The number of hydrogen-bond acceptors (Lipinski definition) is 4. The number of anilines is 1. The highest BCUT2D eigenvalue weighted by Gasteiger charge is 2.30. The Bertz CT molecular complexity index is 851. The van der Waals surface area contributed by atoms with Gasteiger partial charge in [0.2, 0.25) is 11.9 Å². The van der Waals surface area contributed by atoms with Gasteiger partial charge in [-0.25, -0.2) is 9.97 Å². The molecule has 2 aromatic rings. The van der Waals surface area contributed by atoms with Gasteiger partial charge in [-0.05, 0) is 37.8 Å². The van der Waals surface area contributed by atoms with Crippen LogP contribution in [-0.2, 0) is 12.8 Å². The number of aromatic nitrogens is 2. The van der Waals surface area contributed by atoms with E-state index in [0.29, 0.717) is 5.56 Å². The summed E-state index contributed by atoms with van der Waals surface area (Å²) in [5.74, 6) is 3.09. The Morgan fingerprint density at radius 3 is 2.67 bits per heavy atom. The Kier molecular flexibility index (Phi) is 3.46. The van der Waals surface area contributed by atoms with Gasteiger partial charge >= 0.3 is 0 Å². The predicted molar refractivity (Wildman–Crippen MR) is 92.6 cm³/mol. The number of nitrogens with two attached hydrogens (primary N) is 1. The number of primary amides is 1. The van der Waals surface area contributed by atoms with E-state index in [-0.39, 0.29) is 6.04 Å². The maximum atomic E-state index is 11.3. The highest BCUT2D eigenvalue weighted by Crippen LogP contribution is 2.33. The fourth-order valence-corrected chi connectivity index (χ4v) is 3.38. The van der Waals surface area contributed by atoms with Crippen molar-refractivity contribution in [2.24, 2.45) is 5.73 Å². The Labute approximate surface area is 140 Å². The Morgan fingerprint density at radius 1 is 1.25 bits per heavy atom. The summed E-state index contributed by atoms with van der Waals surface area (Å²) in [5, 5.41) is 0. The minimum atomic E-state index is -0.424. The van der Waals surface area contributed by atoms with E-state index in [1.54, 1.807) is 12.1 Å². The second-order valence-corrected chi connectivity index (χ2v) is 6.26. The van der Waals surface area contributed by atoms with Crippen molar-refractivity contribution in [1.82, 2.24) is 9.97 Å². The molecule has 1 aliphatic carbocycles. The van der Waals surface area contributed by atoms with E-state index in [1.165, 1.54) is 5.56 Å². The van der Waals surface area contributed by atoms with Gasteiger partial charge in [0.1, 0.15) is 0 Å². The Balaban J connectivity index is 1.78. The molecule has 1 aromatic carbocycles. The largest absolute Gasteiger partial charge is 0.366 e. The molecule has 4 rings (SSSR count). The molecule has 0 saturated carbocycles. The molecule has 2 heterocycles. The zero-order valence-electron chi connectivity index (χ0n) is 13.3. The van der Waals surface area contributed by atoms with Crippen molar-refractivity contribution in [3.63, 3.8) is 0 Å². The van der Waals surface area contributed by atoms with Crippen molar-refractivity contribution >= 4 is 11.9 Å². The Hall–Kier alpha value is -2.87. The van der Waals surface area contributed by atoms with E-state index in [1.807, 2.05) is 12.1 Å². The van der Waals surface area contributed by atoms with Gasteiger partial charge in [0.15, 0.2) is 0 Å². The van der Waals surface area contributed by atoms with Crippen LogP contribution in [0.4, 0.5) is 5.95 Å². The third kappa shape index (κ3) is 2.31. The standard InChI is InChI=1S/C19H18N4O/c1-2-14-10-11-23(14)19-21-16-5-3-4-15(16)17(22-19)12-6-8-13(9-7-12)18(20)24/h1,6-9,14H,3-5,10-11H2,(H2,20,24). The molecule has 1 atom stereocenters. The van der Waals surface area contributed by atoms with Gasteiger partial charge in [0.25, 0.3) is 0 Å². The van der Waals surface area contributed by atoms with Crippen LogP contribution in [0.25, 0.3) is 11.3 Å². The summed E-state index contributed by atoms with van der Waals surface area (Å²) in [7, 11) is 0. The molecule has 120 valence electrons. The SMILES string of the molecule is C#CC1CCN1c1nc2c(c(-c3ccc(C(N)=O)cc3)n1)CCC2. The number of rotatable bonds is 3. The molecule has 1 aliphatic heterocycles. The molecule has 5 nitrogen and oxygen atoms in total. The van der Waals surface area contributed by atoms with Crippen LogP contribution in [0.2, 0.25) is 0 Å². The first-order valence-electron chi connectivity index (χ1n) is 8.20. The molecule has 24 heavy (non-hydrogen) atoms. The van der Waals surface area contributed by atoms with Gasteiger partial charge in [-0.3, -0.25) is 4.79 Å². The van der Waals surface area contributed by atoms with Crippen LogP contribution >= 0.6 is 0 Å². The van der Waals surface area contributed by atoms with Gasteiger partial charge < -0.3 is 10.6 Å². The summed E-state index contributed by atoms with van der Waals surface area (Å²) in [5.41, 5.74) is 10.1. The number of benzene rings is 1. The highest BCUT2D eigenvalue weighted by atomic mass is 16.1. The number of terminal acetylenes is 1. The molecule has 1 amide bonds. The number of amides is 1. The average Bonchev–Trinajstić information content (AvgIpc) is 3.02. The lowest BCUT2D eigenvalue weighted by Crippen LogP contribution is -2.48. The zero-order valence-corrected chi connectivity index (χ0v) is 13.3. The number of nitrogens with zero attached hydrogens (tertiary/aromatic N) is 3. The molecule has 0 spiro atoms.